The van der Waals surface area contributed by atoms with Crippen molar-refractivity contribution >= 4 is 17.6 Å². The highest BCUT2D eigenvalue weighted by Crippen LogP contribution is 2.29. The highest BCUT2D eigenvalue weighted by atomic mass is 16.4. The van der Waals surface area contributed by atoms with Crippen LogP contribution in [0.5, 0.6) is 0 Å². The van der Waals surface area contributed by atoms with Crippen LogP contribution in [0.1, 0.15) is 22.8 Å². The van der Waals surface area contributed by atoms with Crippen molar-refractivity contribution in [3.05, 3.63) is 29.3 Å². The number of aromatic carboxylic acids is 1. The molecule has 5 heteroatoms. The third-order valence-corrected chi connectivity index (χ3v) is 2.71. The summed E-state index contributed by atoms with van der Waals surface area (Å²) in [4.78, 5) is 24.0. The molecule has 1 amide bonds. The van der Waals surface area contributed by atoms with Crippen LogP contribution in [0, 0.1) is 0 Å². The SMILES string of the molecule is CC(O)CN1C(=O)Cc2cc(C(=O)O)ccc21. The quantitative estimate of drug-likeness (QED) is 0.806. The lowest BCUT2D eigenvalue weighted by Crippen LogP contribution is -2.33. The maximum Gasteiger partial charge on any atom is 0.335 e. The lowest BCUT2D eigenvalue weighted by Gasteiger charge is -2.19. The van der Waals surface area contributed by atoms with Crippen LogP contribution in [0.3, 0.4) is 0 Å². The number of carboxylic acid groups (broad SMARTS) is 1. The van der Waals surface area contributed by atoms with E-state index in [2.05, 4.69) is 0 Å². The second kappa shape index (κ2) is 4.18. The van der Waals surface area contributed by atoms with Gasteiger partial charge in [0.2, 0.25) is 5.91 Å². The molecule has 2 N–H and O–H groups in total. The average Bonchev–Trinajstić information content (AvgIpc) is 2.54. The Hall–Kier alpha value is -1.88. The summed E-state index contributed by atoms with van der Waals surface area (Å²) in [7, 11) is 0. The van der Waals surface area contributed by atoms with Gasteiger partial charge in [-0.2, -0.15) is 0 Å². The molecule has 1 aromatic carbocycles. The molecule has 0 saturated heterocycles. The molecule has 1 atom stereocenters. The van der Waals surface area contributed by atoms with Gasteiger partial charge in [-0.15, -0.1) is 0 Å². The molecule has 17 heavy (non-hydrogen) atoms. The molecule has 2 rings (SSSR count). The summed E-state index contributed by atoms with van der Waals surface area (Å²) in [5, 5.41) is 18.2. The average molecular weight is 235 g/mol. The summed E-state index contributed by atoms with van der Waals surface area (Å²) in [5.74, 6) is -1.11. The number of aliphatic hydroxyl groups is 1. The largest absolute Gasteiger partial charge is 0.478 e. The molecule has 0 saturated carbocycles. The van der Waals surface area contributed by atoms with Crippen molar-refractivity contribution in [2.45, 2.75) is 19.4 Å². The van der Waals surface area contributed by atoms with E-state index in [0.29, 0.717) is 11.3 Å². The second-order valence-corrected chi connectivity index (χ2v) is 4.18. The Morgan fingerprint density at radius 1 is 1.53 bits per heavy atom. The molecular formula is C12H13NO4. The van der Waals surface area contributed by atoms with Crippen molar-refractivity contribution in [3.8, 4) is 0 Å². The van der Waals surface area contributed by atoms with Crippen LogP contribution >= 0.6 is 0 Å². The molecular weight excluding hydrogens is 222 g/mol. The number of hydrogen-bond acceptors (Lipinski definition) is 3. The molecule has 0 aliphatic carbocycles. The number of amides is 1. The molecule has 1 aliphatic heterocycles. The third kappa shape index (κ3) is 2.14. The Morgan fingerprint density at radius 3 is 2.82 bits per heavy atom. The fourth-order valence-electron chi connectivity index (χ4n) is 1.98. The summed E-state index contributed by atoms with van der Waals surface area (Å²) < 4.78 is 0. The number of aliphatic hydroxyl groups excluding tert-OH is 1. The fraction of sp³-hybridized carbons (Fsp3) is 0.333. The van der Waals surface area contributed by atoms with Crippen molar-refractivity contribution in [2.24, 2.45) is 0 Å². The van der Waals surface area contributed by atoms with E-state index in [-0.39, 0.29) is 24.4 Å². The number of benzene rings is 1. The summed E-state index contributed by atoms with van der Waals surface area (Å²) in [6, 6.07) is 4.60. The predicted molar refractivity (Wildman–Crippen MR) is 61.1 cm³/mol. The van der Waals surface area contributed by atoms with Crippen LogP contribution in [0.2, 0.25) is 0 Å². The van der Waals surface area contributed by atoms with E-state index in [1.54, 1.807) is 13.0 Å². The van der Waals surface area contributed by atoms with Crippen molar-refractivity contribution < 1.29 is 19.8 Å². The molecule has 1 aliphatic rings. The van der Waals surface area contributed by atoms with Gasteiger partial charge in [-0.25, -0.2) is 4.79 Å². The number of carbonyl (C=O) groups is 2. The molecule has 0 fully saturated rings. The maximum atomic E-state index is 11.7. The van der Waals surface area contributed by atoms with E-state index in [4.69, 9.17) is 5.11 Å². The Kier molecular flexibility index (Phi) is 2.85. The number of hydrogen-bond donors (Lipinski definition) is 2. The summed E-state index contributed by atoms with van der Waals surface area (Å²) >= 11 is 0. The van der Waals surface area contributed by atoms with Crippen LogP contribution in [0.15, 0.2) is 18.2 Å². The highest BCUT2D eigenvalue weighted by Gasteiger charge is 2.28. The number of fused-ring (bicyclic) bond motifs is 1. The first kappa shape index (κ1) is 11.6. The lowest BCUT2D eigenvalue weighted by atomic mass is 10.1. The summed E-state index contributed by atoms with van der Waals surface area (Å²) in [6.45, 7) is 1.84. The molecule has 1 aromatic rings. The molecule has 1 heterocycles. The van der Waals surface area contributed by atoms with Crippen LogP contribution in [-0.2, 0) is 11.2 Å². The van der Waals surface area contributed by atoms with Crippen molar-refractivity contribution in [3.63, 3.8) is 0 Å². The van der Waals surface area contributed by atoms with Gasteiger partial charge in [0, 0.05) is 5.69 Å². The van der Waals surface area contributed by atoms with Gasteiger partial charge in [0.1, 0.15) is 0 Å². The van der Waals surface area contributed by atoms with E-state index < -0.39 is 12.1 Å². The van der Waals surface area contributed by atoms with E-state index in [1.165, 1.54) is 17.0 Å². The van der Waals surface area contributed by atoms with Gasteiger partial charge in [-0.1, -0.05) is 0 Å². The number of anilines is 1. The highest BCUT2D eigenvalue weighted by molar-refractivity contribution is 6.02. The van der Waals surface area contributed by atoms with E-state index >= 15 is 0 Å². The van der Waals surface area contributed by atoms with Gasteiger partial charge < -0.3 is 15.1 Å². The predicted octanol–water partition coefficient (Wildman–Crippen LogP) is 0.655. The number of nitrogens with zero attached hydrogens (tertiary/aromatic N) is 1. The zero-order valence-corrected chi connectivity index (χ0v) is 9.38. The standard InChI is InChI=1S/C12H13NO4/c1-7(14)6-13-10-3-2-8(12(16)17)4-9(10)5-11(13)15/h2-4,7,14H,5-6H2,1H3,(H,16,17). The first-order valence-corrected chi connectivity index (χ1v) is 5.33. The molecule has 90 valence electrons. The first-order chi connectivity index (χ1) is 7.99. The van der Waals surface area contributed by atoms with Crippen LogP contribution in [-0.4, -0.2) is 34.7 Å². The summed E-state index contributed by atoms with van der Waals surface area (Å²) in [6.07, 6.45) is -0.410. The van der Waals surface area contributed by atoms with E-state index in [1.807, 2.05) is 0 Å². The topological polar surface area (TPSA) is 77.8 Å². The van der Waals surface area contributed by atoms with Crippen LogP contribution in [0.25, 0.3) is 0 Å². The Morgan fingerprint density at radius 2 is 2.24 bits per heavy atom. The molecule has 0 aromatic heterocycles. The lowest BCUT2D eigenvalue weighted by molar-refractivity contribution is -0.117. The van der Waals surface area contributed by atoms with Crippen molar-refractivity contribution in [2.75, 3.05) is 11.4 Å². The van der Waals surface area contributed by atoms with Gasteiger partial charge in [0.05, 0.1) is 24.6 Å². The minimum absolute atomic E-state index is 0.108. The van der Waals surface area contributed by atoms with Gasteiger partial charge in [0.25, 0.3) is 0 Å². The van der Waals surface area contributed by atoms with Gasteiger partial charge in [0.15, 0.2) is 0 Å². The van der Waals surface area contributed by atoms with Gasteiger partial charge in [-0.3, -0.25) is 4.79 Å². The minimum Gasteiger partial charge on any atom is -0.478 e. The molecule has 0 spiro atoms. The maximum absolute atomic E-state index is 11.7. The zero-order valence-electron chi connectivity index (χ0n) is 9.38. The molecule has 0 radical (unpaired) electrons. The monoisotopic (exact) mass is 235 g/mol. The first-order valence-electron chi connectivity index (χ1n) is 5.33. The molecule has 5 nitrogen and oxygen atoms in total. The minimum atomic E-state index is -1.01. The normalized spacial score (nSPS) is 15.9. The molecule has 0 bridgehead atoms. The van der Waals surface area contributed by atoms with Crippen molar-refractivity contribution in [1.82, 2.24) is 0 Å². The van der Waals surface area contributed by atoms with E-state index in [0.717, 1.165) is 0 Å². The van der Waals surface area contributed by atoms with E-state index in [9.17, 15) is 14.7 Å². The summed E-state index contributed by atoms with van der Waals surface area (Å²) in [5.41, 5.74) is 1.58. The smallest absolute Gasteiger partial charge is 0.335 e. The number of rotatable bonds is 3. The van der Waals surface area contributed by atoms with Gasteiger partial charge in [-0.05, 0) is 30.7 Å². The number of β-amino-alcohol motifs (C(OH)–C–C–N with tert-alkyl or cyclic N) is 1. The Bertz CT molecular complexity index is 481. The zero-order chi connectivity index (χ0) is 12.6. The second-order valence-electron chi connectivity index (χ2n) is 4.18. The van der Waals surface area contributed by atoms with Crippen LogP contribution in [0.4, 0.5) is 5.69 Å². The Balaban J connectivity index is 2.35. The van der Waals surface area contributed by atoms with Crippen molar-refractivity contribution in [1.29, 1.82) is 0 Å². The van der Waals surface area contributed by atoms with Crippen LogP contribution < -0.4 is 4.90 Å². The third-order valence-electron chi connectivity index (χ3n) is 2.71. The number of carboxylic acids is 1. The number of carbonyl (C=O) groups excluding carboxylic acids is 1. The fourth-order valence-corrected chi connectivity index (χ4v) is 1.98. The Labute approximate surface area is 98.3 Å². The van der Waals surface area contributed by atoms with Gasteiger partial charge >= 0.3 is 5.97 Å². The molecule has 1 unspecified atom stereocenters.